The van der Waals surface area contributed by atoms with Crippen molar-refractivity contribution in [2.75, 3.05) is 14.2 Å². The summed E-state index contributed by atoms with van der Waals surface area (Å²) in [4.78, 5) is 5.91. The molecule has 1 fully saturated rings. The molecule has 1 aliphatic carbocycles. The molecular weight excluding hydrogens is 490 g/mol. The Morgan fingerprint density at radius 3 is 2.59 bits per heavy atom. The number of aromatic nitrogens is 1. The second kappa shape index (κ2) is 10.4. The van der Waals surface area contributed by atoms with Gasteiger partial charge in [-0.2, -0.15) is 5.10 Å². The molecule has 1 aromatic heterocycles. The van der Waals surface area contributed by atoms with Crippen molar-refractivity contribution in [2.24, 2.45) is 10.1 Å². The Balaban J connectivity index is 1.81. The van der Waals surface area contributed by atoms with Crippen molar-refractivity contribution < 1.29 is 14.6 Å². The molecule has 4 rings (SSSR count). The van der Waals surface area contributed by atoms with Crippen molar-refractivity contribution in [3.63, 3.8) is 0 Å². The number of phenols is 1. The lowest BCUT2D eigenvalue weighted by atomic mass is 9.96. The Kier molecular flexibility index (Phi) is 7.32. The second-order valence-electron chi connectivity index (χ2n) is 7.63. The van der Waals surface area contributed by atoms with Gasteiger partial charge in [-0.3, -0.25) is 4.99 Å². The number of rotatable bonds is 6. The first-order valence-corrected chi connectivity index (χ1v) is 12.3. The molecule has 168 valence electrons. The van der Waals surface area contributed by atoms with E-state index in [0.717, 1.165) is 40.2 Å². The minimum Gasteiger partial charge on any atom is -0.503 e. The summed E-state index contributed by atoms with van der Waals surface area (Å²) in [5, 5.41) is 17.0. The van der Waals surface area contributed by atoms with Crippen LogP contribution in [0, 0.1) is 0 Å². The van der Waals surface area contributed by atoms with Crippen molar-refractivity contribution in [3.05, 3.63) is 56.6 Å². The fraction of sp³-hybridized carbons (Fsp3) is 0.333. The third-order valence-electron chi connectivity index (χ3n) is 5.53. The Bertz CT molecular complexity index is 1180. The first-order valence-electron chi connectivity index (χ1n) is 10.6. The Hall–Kier alpha value is -2.58. The molecule has 0 radical (unpaired) electrons. The molecule has 8 heteroatoms. The van der Waals surface area contributed by atoms with Gasteiger partial charge in [-0.1, -0.05) is 31.4 Å². The van der Waals surface area contributed by atoms with Crippen LogP contribution in [0.25, 0.3) is 11.3 Å². The van der Waals surface area contributed by atoms with Crippen molar-refractivity contribution in [2.45, 2.75) is 38.1 Å². The molecular formula is C24H26BrN3O3S. The van der Waals surface area contributed by atoms with Gasteiger partial charge in [-0.15, -0.1) is 11.3 Å². The van der Waals surface area contributed by atoms with Gasteiger partial charge >= 0.3 is 0 Å². The van der Waals surface area contributed by atoms with Crippen LogP contribution < -0.4 is 14.3 Å². The first kappa shape index (κ1) is 22.6. The van der Waals surface area contributed by atoms with E-state index in [0.29, 0.717) is 16.3 Å². The van der Waals surface area contributed by atoms with Gasteiger partial charge in [0.05, 0.1) is 36.6 Å². The SMILES string of the molecule is COc1ccccc1-c1csc(=NC2CCCCC2)n1N=Cc1cc(Br)c(O)c(OC)c1. The summed E-state index contributed by atoms with van der Waals surface area (Å²) in [6.45, 7) is 0. The highest BCUT2D eigenvalue weighted by molar-refractivity contribution is 9.10. The van der Waals surface area contributed by atoms with Crippen molar-refractivity contribution in [3.8, 4) is 28.5 Å². The van der Waals surface area contributed by atoms with E-state index >= 15 is 0 Å². The lowest BCUT2D eigenvalue weighted by Crippen LogP contribution is -2.19. The standard InChI is InChI=1S/C24H26BrN3O3S/c1-30-21-11-7-6-10-18(21)20-15-32-24(27-17-8-4-3-5-9-17)28(20)26-14-16-12-19(25)23(29)22(13-16)31-2/h6-7,10-15,17,29H,3-5,8-9H2,1-2H3. The number of hydrogen-bond acceptors (Lipinski definition) is 6. The zero-order valence-electron chi connectivity index (χ0n) is 18.1. The number of hydrogen-bond donors (Lipinski definition) is 1. The maximum absolute atomic E-state index is 10.1. The van der Waals surface area contributed by atoms with Gasteiger partial charge in [0, 0.05) is 10.9 Å². The summed E-state index contributed by atoms with van der Waals surface area (Å²) in [6, 6.07) is 11.8. The molecule has 0 aliphatic heterocycles. The fourth-order valence-corrected chi connectivity index (χ4v) is 5.22. The number of phenolic OH excluding ortho intramolecular Hbond substituents is 1. The van der Waals surface area contributed by atoms with E-state index in [9.17, 15) is 5.11 Å². The number of halogens is 1. The molecule has 6 nitrogen and oxygen atoms in total. The largest absolute Gasteiger partial charge is 0.503 e. The highest BCUT2D eigenvalue weighted by Crippen LogP contribution is 2.35. The molecule has 2 aromatic carbocycles. The number of aromatic hydroxyl groups is 1. The Morgan fingerprint density at radius 2 is 1.84 bits per heavy atom. The van der Waals surface area contributed by atoms with Gasteiger partial charge in [-0.05, 0) is 58.6 Å². The molecule has 0 spiro atoms. The average molecular weight is 516 g/mol. The molecule has 1 N–H and O–H groups in total. The average Bonchev–Trinajstić information content (AvgIpc) is 3.22. The highest BCUT2D eigenvalue weighted by Gasteiger charge is 2.16. The zero-order valence-corrected chi connectivity index (χ0v) is 20.5. The minimum atomic E-state index is 0.0653. The Labute approximate surface area is 200 Å². The van der Waals surface area contributed by atoms with Crippen molar-refractivity contribution in [1.82, 2.24) is 4.68 Å². The molecule has 32 heavy (non-hydrogen) atoms. The van der Waals surface area contributed by atoms with Crippen LogP contribution in [0.5, 0.6) is 17.2 Å². The molecule has 1 heterocycles. The smallest absolute Gasteiger partial charge is 0.206 e. The molecule has 0 amide bonds. The molecule has 1 aliphatic rings. The van der Waals surface area contributed by atoms with Gasteiger partial charge in [0.15, 0.2) is 11.5 Å². The molecule has 0 bridgehead atoms. The summed E-state index contributed by atoms with van der Waals surface area (Å²) in [6.07, 6.45) is 7.73. The van der Waals surface area contributed by atoms with Gasteiger partial charge in [0.1, 0.15) is 5.75 Å². The second-order valence-corrected chi connectivity index (χ2v) is 9.33. The molecule has 0 atom stereocenters. The van der Waals surface area contributed by atoms with E-state index in [-0.39, 0.29) is 5.75 Å². The van der Waals surface area contributed by atoms with E-state index in [1.807, 2.05) is 28.9 Å². The van der Waals surface area contributed by atoms with E-state index in [2.05, 4.69) is 21.3 Å². The highest BCUT2D eigenvalue weighted by atomic mass is 79.9. The normalized spacial score (nSPS) is 15.4. The van der Waals surface area contributed by atoms with Crippen LogP contribution in [0.3, 0.4) is 0 Å². The van der Waals surface area contributed by atoms with Crippen LogP contribution in [0.15, 0.2) is 56.3 Å². The number of nitrogens with zero attached hydrogens (tertiary/aromatic N) is 3. The van der Waals surface area contributed by atoms with Crippen LogP contribution >= 0.6 is 27.3 Å². The van der Waals surface area contributed by atoms with E-state index in [1.54, 1.807) is 36.8 Å². The third-order valence-corrected chi connectivity index (χ3v) is 6.96. The number of methoxy groups -OCH3 is 2. The number of benzene rings is 2. The summed E-state index contributed by atoms with van der Waals surface area (Å²) >= 11 is 4.96. The summed E-state index contributed by atoms with van der Waals surface area (Å²) in [7, 11) is 3.20. The van der Waals surface area contributed by atoms with Crippen LogP contribution in [-0.4, -0.2) is 36.3 Å². The molecule has 3 aromatic rings. The van der Waals surface area contributed by atoms with E-state index in [4.69, 9.17) is 19.6 Å². The maximum atomic E-state index is 10.1. The van der Waals surface area contributed by atoms with Gasteiger partial charge in [-0.25, -0.2) is 4.68 Å². The maximum Gasteiger partial charge on any atom is 0.206 e. The Morgan fingerprint density at radius 1 is 1.09 bits per heavy atom. The predicted molar refractivity (Wildman–Crippen MR) is 132 cm³/mol. The molecule has 0 saturated heterocycles. The van der Waals surface area contributed by atoms with Crippen LogP contribution in [-0.2, 0) is 0 Å². The zero-order chi connectivity index (χ0) is 22.5. The lowest BCUT2D eigenvalue weighted by Gasteiger charge is -2.17. The third kappa shape index (κ3) is 4.91. The summed E-state index contributed by atoms with van der Waals surface area (Å²) in [5.74, 6) is 1.23. The number of para-hydroxylation sites is 1. The van der Waals surface area contributed by atoms with E-state index in [1.165, 1.54) is 26.4 Å². The number of ether oxygens (including phenoxy) is 2. The molecule has 0 unspecified atom stereocenters. The van der Waals surface area contributed by atoms with Gasteiger partial charge in [0.2, 0.25) is 4.80 Å². The quantitative estimate of drug-likeness (QED) is 0.420. The van der Waals surface area contributed by atoms with Crippen molar-refractivity contribution >= 4 is 33.5 Å². The molecule has 1 saturated carbocycles. The lowest BCUT2D eigenvalue weighted by molar-refractivity contribution is 0.372. The number of thiazole rings is 1. The minimum absolute atomic E-state index is 0.0653. The summed E-state index contributed by atoms with van der Waals surface area (Å²) < 4.78 is 13.3. The van der Waals surface area contributed by atoms with Crippen LogP contribution in [0.4, 0.5) is 0 Å². The predicted octanol–water partition coefficient (Wildman–Crippen LogP) is 5.82. The van der Waals surface area contributed by atoms with E-state index < -0.39 is 0 Å². The topological polar surface area (TPSA) is 68.3 Å². The summed E-state index contributed by atoms with van der Waals surface area (Å²) in [5.41, 5.74) is 2.67. The first-order chi connectivity index (χ1) is 15.6. The van der Waals surface area contributed by atoms with Crippen LogP contribution in [0.2, 0.25) is 0 Å². The monoisotopic (exact) mass is 515 g/mol. The fourth-order valence-electron chi connectivity index (χ4n) is 3.86. The van der Waals surface area contributed by atoms with Gasteiger partial charge in [0.25, 0.3) is 0 Å². The van der Waals surface area contributed by atoms with Crippen LogP contribution in [0.1, 0.15) is 37.7 Å². The van der Waals surface area contributed by atoms with Crippen molar-refractivity contribution in [1.29, 1.82) is 0 Å². The van der Waals surface area contributed by atoms with Gasteiger partial charge < -0.3 is 14.6 Å².